The molecule has 0 radical (unpaired) electrons. The number of aromatic nitrogens is 8. The number of hydrogen-bond acceptors (Lipinski definition) is 29. The first kappa shape index (κ1) is 99.2. The number of hydrogen-bond donors (Lipinski definition) is 9. The molecule has 4 aromatic heterocycles. The zero-order valence-corrected chi connectivity index (χ0v) is 72.3. The Kier molecular flexibility index (Phi) is 37.9. The molecule has 680 valence electrons. The van der Waals surface area contributed by atoms with Crippen LogP contribution in [0.5, 0.6) is 23.0 Å². The Morgan fingerprint density at radius 2 is 0.656 bits per heavy atom. The number of aliphatic hydroxyl groups is 1. The second-order valence-corrected chi connectivity index (χ2v) is 28.2. The Morgan fingerprint density at radius 3 is 0.962 bits per heavy atom. The molecule has 0 fully saturated rings. The molecule has 0 amide bonds. The summed E-state index contributed by atoms with van der Waals surface area (Å²) in [5.41, 5.74) is 7.43. The van der Waals surface area contributed by atoms with Gasteiger partial charge >= 0.3 is 0 Å². The highest BCUT2D eigenvalue weighted by molar-refractivity contribution is 6.08. The molecule has 0 saturated carbocycles. The van der Waals surface area contributed by atoms with E-state index in [1.807, 2.05) is 27.7 Å². The van der Waals surface area contributed by atoms with Crippen LogP contribution >= 0.6 is 0 Å². The van der Waals surface area contributed by atoms with Crippen molar-refractivity contribution in [3.63, 3.8) is 0 Å². The number of carbonyl (C=O) groups is 3. The molecule has 0 saturated heterocycles. The number of halogens is 8. The van der Waals surface area contributed by atoms with Gasteiger partial charge < -0.3 is 85.5 Å². The molecule has 0 spiro atoms. The van der Waals surface area contributed by atoms with E-state index in [0.717, 1.165) is 35.9 Å². The molecule has 12 aromatic rings. The summed E-state index contributed by atoms with van der Waals surface area (Å²) in [6, 6.07) is 45.0. The summed E-state index contributed by atoms with van der Waals surface area (Å²) in [6.45, 7) is 18.3. The third-order valence-corrected chi connectivity index (χ3v) is 17.3. The van der Waals surface area contributed by atoms with Crippen LogP contribution in [0.25, 0.3) is 0 Å². The number of nitrogens with one attached hydrogen (secondary N) is 8. The smallest absolute Gasteiger partial charge is 0.229 e. The molecule has 0 aliphatic rings. The first-order chi connectivity index (χ1) is 63.0. The lowest BCUT2D eigenvalue weighted by molar-refractivity contribution is 0.103. The SMILES string of the molecule is C=C(C#N)C(O)c1cccc(Nc2nc(Nc3ccc(OCCOC)c(F)c3)ncc2F)c1.C=C(C)C(=O)c1ccc(Nc2nc(Nc3ccc(OCCOC)c(F)c3)ncc2F)cc1.COCCOc1ccc(Nc2ncc(F)c(Nc3ccc(C(=O)C=C(C)C)cc3)n2)cc1F.COCCOc1ccc(Nc2ncc(F)c(Nc3cccc(C(=O)C=C(C)C)c3)n2)cc1F. The van der Waals surface area contributed by atoms with Crippen LogP contribution in [0, 0.1) is 57.9 Å². The van der Waals surface area contributed by atoms with Crippen LogP contribution in [0.2, 0.25) is 0 Å². The van der Waals surface area contributed by atoms with Crippen LogP contribution in [0.4, 0.5) is 128 Å². The van der Waals surface area contributed by atoms with E-state index in [1.54, 1.807) is 140 Å². The Labute approximate surface area is 748 Å². The van der Waals surface area contributed by atoms with Crippen molar-refractivity contribution in [3.8, 4) is 29.1 Å². The summed E-state index contributed by atoms with van der Waals surface area (Å²) in [5.74, 6) is -5.33. The van der Waals surface area contributed by atoms with Crippen LogP contribution in [-0.4, -0.2) is 144 Å². The summed E-state index contributed by atoms with van der Waals surface area (Å²) in [5, 5.41) is 41.7. The van der Waals surface area contributed by atoms with Crippen molar-refractivity contribution in [1.29, 1.82) is 5.26 Å². The summed E-state index contributed by atoms with van der Waals surface area (Å²) in [6.07, 6.45) is 5.85. The molecule has 8 aromatic carbocycles. The third kappa shape index (κ3) is 31.4. The molecule has 131 heavy (non-hydrogen) atoms. The van der Waals surface area contributed by atoms with Gasteiger partial charge in [0.25, 0.3) is 0 Å². The lowest BCUT2D eigenvalue weighted by Gasteiger charge is -2.13. The minimum atomic E-state index is -1.18. The van der Waals surface area contributed by atoms with Gasteiger partial charge in [-0.1, -0.05) is 48.6 Å². The molecule has 1 unspecified atom stereocenters. The van der Waals surface area contributed by atoms with E-state index in [0.29, 0.717) is 99.8 Å². The second kappa shape index (κ2) is 50.1. The molecule has 1 atom stereocenters. The normalized spacial score (nSPS) is 10.7. The number of Topliss-reactive ketones (excluding diaryl/α,β-unsaturated/α-hetero) is 1. The first-order valence-corrected chi connectivity index (χ1v) is 39.7. The fraction of sp³-hybridized carbons (Fsp3) is 0.191. The number of nitrogens with zero attached hydrogens (tertiary/aromatic N) is 9. The first-order valence-electron chi connectivity index (χ1n) is 39.7. The van der Waals surface area contributed by atoms with Crippen molar-refractivity contribution >= 4 is 110 Å². The zero-order chi connectivity index (χ0) is 94.5. The highest BCUT2D eigenvalue weighted by Gasteiger charge is 2.20. The van der Waals surface area contributed by atoms with E-state index in [9.17, 15) is 54.6 Å². The van der Waals surface area contributed by atoms with E-state index in [2.05, 4.69) is 95.6 Å². The number of anilines is 16. The molecule has 9 N–H and O–H groups in total. The number of ether oxygens (including phenoxy) is 8. The number of methoxy groups -OCH3 is 4. The predicted molar refractivity (Wildman–Crippen MR) is 481 cm³/mol. The van der Waals surface area contributed by atoms with Crippen molar-refractivity contribution in [1.82, 2.24) is 39.9 Å². The quantitative estimate of drug-likeness (QED) is 0.00566. The lowest BCUT2D eigenvalue weighted by Crippen LogP contribution is -2.06. The summed E-state index contributed by atoms with van der Waals surface area (Å²) in [4.78, 5) is 68.3. The van der Waals surface area contributed by atoms with Gasteiger partial charge in [0.15, 0.2) is 110 Å². The number of ketones is 3. The fourth-order valence-corrected chi connectivity index (χ4v) is 11.0. The summed E-state index contributed by atoms with van der Waals surface area (Å²) < 4.78 is 155. The molecule has 0 aliphatic heterocycles. The Bertz CT molecular complexity index is 6070. The lowest BCUT2D eigenvalue weighted by atomic mass is 10.0. The van der Waals surface area contributed by atoms with E-state index in [4.69, 9.17) is 43.2 Å². The Morgan fingerprint density at radius 1 is 0.366 bits per heavy atom. The third-order valence-electron chi connectivity index (χ3n) is 17.3. The van der Waals surface area contributed by atoms with Crippen molar-refractivity contribution in [2.75, 3.05) is 124 Å². The van der Waals surface area contributed by atoms with Crippen molar-refractivity contribution in [2.45, 2.75) is 40.7 Å². The second-order valence-electron chi connectivity index (χ2n) is 28.2. The standard InChI is InChI=1S/2C24H24F2N4O3.C23H21F2N5O3.C23H22F2N4O3/c1-15(2)12-21(31)16-4-6-17(7-5-16)28-23-20(26)14-27-24(30-23)29-18-8-9-22(19(25)13-18)33-11-10-32-3;1-15(2)11-21(31)16-5-4-6-17(12-16)28-23-20(26)14-27-24(30-23)29-18-7-8-22(19(25)13-18)33-10-9-32-3;1-14(12-26)21(31)15-4-3-5-16(10-15)28-22-19(25)13-27-23(30-22)29-17-6-7-20(18(24)11-17)33-9-8-32-2;1-14(2)21(30)15-4-6-16(7-5-15)27-22-19(25)13-26-23(29-22)28-17-8-9-20(18(24)12-17)32-11-10-31-3/h4-9,12-14H,10-11H2,1-3H3,(H2,27,28,29,30);4-8,11-14H,9-10H2,1-3H3,(H2,27,28,29,30);3-7,10-11,13,21,31H,1,8-9H2,2H3,(H2,27,28,29,30);4-9,12-13H,1,10-11H2,2-3H3,(H2,26,27,28,29). The van der Waals surface area contributed by atoms with Crippen molar-refractivity contribution in [2.24, 2.45) is 0 Å². The number of benzene rings is 8. The number of allylic oxidation sites excluding steroid dienone is 5. The average Bonchev–Trinajstić information content (AvgIpc) is 0.838. The molecule has 0 bridgehead atoms. The van der Waals surface area contributed by atoms with Crippen LogP contribution in [0.3, 0.4) is 0 Å². The van der Waals surface area contributed by atoms with Crippen LogP contribution < -0.4 is 61.5 Å². The van der Waals surface area contributed by atoms with Gasteiger partial charge in [0.2, 0.25) is 23.8 Å². The number of aliphatic hydroxyl groups excluding tert-OH is 1. The Balaban J connectivity index is 0.000000197. The summed E-state index contributed by atoms with van der Waals surface area (Å²) >= 11 is 0. The molecule has 0 aliphatic carbocycles. The van der Waals surface area contributed by atoms with Gasteiger partial charge in [-0.2, -0.15) is 25.2 Å². The van der Waals surface area contributed by atoms with Gasteiger partial charge in [0, 0.05) is 115 Å². The van der Waals surface area contributed by atoms with Gasteiger partial charge in [-0.15, -0.1) is 0 Å². The van der Waals surface area contributed by atoms with Gasteiger partial charge in [-0.05, 0) is 179 Å². The highest BCUT2D eigenvalue weighted by atomic mass is 19.2. The minimum absolute atomic E-state index is 0.0193. The fourth-order valence-electron chi connectivity index (χ4n) is 11.0. The highest BCUT2D eigenvalue weighted by Crippen LogP contribution is 2.33. The van der Waals surface area contributed by atoms with Crippen LogP contribution in [0.1, 0.15) is 77.4 Å². The minimum Gasteiger partial charge on any atom is -0.488 e. The van der Waals surface area contributed by atoms with Crippen LogP contribution in [-0.2, 0) is 18.9 Å². The van der Waals surface area contributed by atoms with Crippen LogP contribution in [0.15, 0.2) is 242 Å². The largest absolute Gasteiger partial charge is 0.488 e. The monoisotopic (exact) mass is 1800 g/mol. The molecule has 12 rings (SSSR count). The number of nitriles is 1. The topological polar surface area (TPSA) is 368 Å². The Hall–Kier alpha value is -15.6. The molecule has 4 heterocycles. The maximum atomic E-state index is 14.3. The average molecular weight is 1800 g/mol. The van der Waals surface area contributed by atoms with E-state index in [-0.39, 0.29) is 119 Å². The molecular formula is C94H91F8N17O12. The van der Waals surface area contributed by atoms with Crippen molar-refractivity contribution in [3.05, 3.63) is 311 Å². The van der Waals surface area contributed by atoms with Gasteiger partial charge in [-0.3, -0.25) is 14.4 Å². The van der Waals surface area contributed by atoms with E-state index < -0.39 is 52.6 Å². The summed E-state index contributed by atoms with van der Waals surface area (Å²) in [7, 11) is 6.10. The van der Waals surface area contributed by atoms with Crippen molar-refractivity contribution < 1.29 is 92.5 Å². The number of rotatable bonds is 40. The van der Waals surface area contributed by atoms with E-state index >= 15 is 0 Å². The molecule has 37 heteroatoms. The molecule has 29 nitrogen and oxygen atoms in total. The molecular weight excluding hydrogens is 1710 g/mol. The van der Waals surface area contributed by atoms with Gasteiger partial charge in [0.1, 0.15) is 32.5 Å². The maximum Gasteiger partial charge on any atom is 0.229 e. The predicted octanol–water partition coefficient (Wildman–Crippen LogP) is 20.2. The maximum absolute atomic E-state index is 14.3. The zero-order valence-electron chi connectivity index (χ0n) is 72.3. The number of carbonyl (C=O) groups excluding carboxylic acids is 3. The van der Waals surface area contributed by atoms with E-state index in [1.165, 1.54) is 83.0 Å². The van der Waals surface area contributed by atoms with Gasteiger partial charge in [0.05, 0.1) is 62.9 Å². The van der Waals surface area contributed by atoms with Gasteiger partial charge in [-0.25, -0.2) is 55.1 Å².